The summed E-state index contributed by atoms with van der Waals surface area (Å²) in [5, 5.41) is 17.3. The molecule has 2 aromatic rings. The van der Waals surface area contributed by atoms with Gasteiger partial charge in [-0.2, -0.15) is 9.61 Å². The first-order chi connectivity index (χ1) is 10.8. The lowest BCUT2D eigenvalue weighted by Gasteiger charge is -2.24. The van der Waals surface area contributed by atoms with Gasteiger partial charge in [-0.15, -0.1) is 0 Å². The zero-order chi connectivity index (χ0) is 17.3. The van der Waals surface area contributed by atoms with Crippen LogP contribution in [0, 0.1) is 5.92 Å². The monoisotopic (exact) mass is 338 g/mol. The zero-order valence-corrected chi connectivity index (χ0v) is 14.8. The predicted molar refractivity (Wildman–Crippen MR) is 91.6 cm³/mol. The number of carbonyl (C=O) groups is 1. The van der Waals surface area contributed by atoms with E-state index in [1.165, 1.54) is 6.20 Å². The van der Waals surface area contributed by atoms with Crippen LogP contribution in [-0.4, -0.2) is 31.7 Å². The van der Waals surface area contributed by atoms with E-state index in [2.05, 4.69) is 50.0 Å². The third kappa shape index (κ3) is 3.27. The summed E-state index contributed by atoms with van der Waals surface area (Å²) in [6.45, 7) is 10.5. The van der Waals surface area contributed by atoms with Crippen molar-refractivity contribution >= 4 is 29.0 Å². The molecule has 2 heterocycles. The first-order valence-corrected chi connectivity index (χ1v) is 8.22. The molecule has 0 aliphatic heterocycles. The van der Waals surface area contributed by atoms with Gasteiger partial charge in [-0.05, 0) is 25.2 Å². The third-order valence-corrected chi connectivity index (χ3v) is 4.63. The van der Waals surface area contributed by atoms with Crippen LogP contribution in [0.1, 0.15) is 62.9 Å². The molecule has 23 heavy (non-hydrogen) atoms. The number of nitrogens with one attached hydrogen (secondary N) is 1. The van der Waals surface area contributed by atoms with Crippen LogP contribution in [0.4, 0.5) is 5.82 Å². The van der Waals surface area contributed by atoms with Gasteiger partial charge in [0.25, 0.3) is 0 Å². The van der Waals surface area contributed by atoms with Crippen molar-refractivity contribution in [3.05, 3.63) is 22.5 Å². The van der Waals surface area contributed by atoms with E-state index in [1.54, 1.807) is 4.52 Å². The van der Waals surface area contributed by atoms with Gasteiger partial charge in [0, 0.05) is 11.6 Å². The molecular weight excluding hydrogens is 316 g/mol. The Balaban J connectivity index is 2.73. The molecule has 2 aromatic heterocycles. The van der Waals surface area contributed by atoms with Gasteiger partial charge in [-0.1, -0.05) is 39.3 Å². The molecule has 2 rings (SSSR count). The maximum absolute atomic E-state index is 11.3. The van der Waals surface area contributed by atoms with Gasteiger partial charge in [0.15, 0.2) is 5.65 Å². The number of aromatic nitrogens is 3. The molecule has 7 heteroatoms. The summed E-state index contributed by atoms with van der Waals surface area (Å²) in [4.78, 5) is 15.6. The molecule has 0 bridgehead atoms. The number of anilines is 1. The smallest absolute Gasteiger partial charge is 0.341 e. The minimum absolute atomic E-state index is 0.0443. The molecular formula is C16H23ClN4O2. The van der Waals surface area contributed by atoms with Crippen LogP contribution in [0.25, 0.3) is 5.65 Å². The average molecular weight is 339 g/mol. The fourth-order valence-electron chi connectivity index (χ4n) is 2.29. The second-order valence-electron chi connectivity index (χ2n) is 6.25. The summed E-state index contributed by atoms with van der Waals surface area (Å²) in [5.74, 6) is 0.237. The normalized spacial score (nSPS) is 14.2. The fourth-order valence-corrected chi connectivity index (χ4v) is 2.65. The summed E-state index contributed by atoms with van der Waals surface area (Å²) < 4.78 is 1.55. The standard InChI is InChI=1S/C16H23ClN4O2/c1-6-9(4)12-13(17)20-14-11(16(22)23)7-18-21(14)15(12)19-10(5)8(2)3/h7-10,19H,6H2,1-5H3,(H,22,23)/t9?,10-/m0/s1. The van der Waals surface area contributed by atoms with Crippen molar-refractivity contribution in [1.29, 1.82) is 0 Å². The predicted octanol–water partition coefficient (Wildman–Crippen LogP) is 4.05. The number of carboxylic acids is 1. The summed E-state index contributed by atoms with van der Waals surface area (Å²) >= 11 is 6.39. The number of rotatable bonds is 6. The van der Waals surface area contributed by atoms with E-state index < -0.39 is 5.97 Å². The van der Waals surface area contributed by atoms with Crippen LogP contribution in [0.3, 0.4) is 0 Å². The molecule has 0 aliphatic carbocycles. The van der Waals surface area contributed by atoms with Crippen LogP contribution in [0.15, 0.2) is 6.20 Å². The number of carboxylic acid groups (broad SMARTS) is 1. The van der Waals surface area contributed by atoms with Crippen LogP contribution in [0.5, 0.6) is 0 Å². The lowest BCUT2D eigenvalue weighted by atomic mass is 9.99. The van der Waals surface area contributed by atoms with E-state index in [1.807, 2.05) is 0 Å². The van der Waals surface area contributed by atoms with Crippen molar-refractivity contribution < 1.29 is 9.90 Å². The second kappa shape index (κ2) is 6.74. The van der Waals surface area contributed by atoms with Crippen molar-refractivity contribution in [3.63, 3.8) is 0 Å². The molecule has 0 saturated carbocycles. The number of fused-ring (bicyclic) bond motifs is 1. The summed E-state index contributed by atoms with van der Waals surface area (Å²) in [7, 11) is 0. The summed E-state index contributed by atoms with van der Waals surface area (Å²) in [6, 6.07) is 0.178. The maximum atomic E-state index is 11.3. The number of hydrogen-bond donors (Lipinski definition) is 2. The Labute approximate surface area is 140 Å². The molecule has 0 saturated heterocycles. The van der Waals surface area contributed by atoms with Crippen molar-refractivity contribution in [2.45, 2.75) is 53.0 Å². The highest BCUT2D eigenvalue weighted by atomic mass is 35.5. The number of halogens is 1. The van der Waals surface area contributed by atoms with Gasteiger partial charge >= 0.3 is 5.97 Å². The van der Waals surface area contributed by atoms with Gasteiger partial charge in [-0.3, -0.25) is 0 Å². The minimum atomic E-state index is -1.07. The van der Waals surface area contributed by atoms with Gasteiger partial charge < -0.3 is 10.4 Å². The molecule has 0 amide bonds. The Bertz CT molecular complexity index is 726. The number of nitrogens with zero attached hydrogens (tertiary/aromatic N) is 3. The topological polar surface area (TPSA) is 79.5 Å². The SMILES string of the molecule is CCC(C)c1c(Cl)nc2c(C(=O)O)cnn2c1N[C@@H](C)C(C)C. The Morgan fingerprint density at radius 1 is 1.39 bits per heavy atom. The van der Waals surface area contributed by atoms with Crippen molar-refractivity contribution in [2.24, 2.45) is 5.92 Å². The van der Waals surface area contributed by atoms with E-state index >= 15 is 0 Å². The van der Waals surface area contributed by atoms with E-state index in [9.17, 15) is 9.90 Å². The van der Waals surface area contributed by atoms with Crippen LogP contribution < -0.4 is 5.32 Å². The average Bonchev–Trinajstić information content (AvgIpc) is 2.90. The number of hydrogen-bond acceptors (Lipinski definition) is 4. The van der Waals surface area contributed by atoms with Crippen LogP contribution in [0.2, 0.25) is 5.15 Å². The van der Waals surface area contributed by atoms with Gasteiger partial charge in [0.05, 0.1) is 6.20 Å². The van der Waals surface area contributed by atoms with E-state index in [0.29, 0.717) is 11.1 Å². The molecule has 126 valence electrons. The Morgan fingerprint density at radius 2 is 2.04 bits per heavy atom. The van der Waals surface area contributed by atoms with Gasteiger partial charge in [0.2, 0.25) is 0 Å². The molecule has 1 unspecified atom stereocenters. The van der Waals surface area contributed by atoms with Crippen LogP contribution >= 0.6 is 11.6 Å². The minimum Gasteiger partial charge on any atom is -0.477 e. The lowest BCUT2D eigenvalue weighted by molar-refractivity contribution is 0.0699. The highest BCUT2D eigenvalue weighted by Gasteiger charge is 2.24. The quantitative estimate of drug-likeness (QED) is 0.777. The first kappa shape index (κ1) is 17.5. The van der Waals surface area contributed by atoms with E-state index in [0.717, 1.165) is 17.8 Å². The molecule has 6 nitrogen and oxygen atoms in total. The van der Waals surface area contributed by atoms with Crippen molar-refractivity contribution in [1.82, 2.24) is 14.6 Å². The molecule has 0 fully saturated rings. The Morgan fingerprint density at radius 3 is 2.57 bits per heavy atom. The van der Waals surface area contributed by atoms with E-state index in [4.69, 9.17) is 11.6 Å². The summed E-state index contributed by atoms with van der Waals surface area (Å²) in [6.07, 6.45) is 2.21. The maximum Gasteiger partial charge on any atom is 0.341 e. The summed E-state index contributed by atoms with van der Waals surface area (Å²) in [5.41, 5.74) is 1.17. The highest BCUT2D eigenvalue weighted by molar-refractivity contribution is 6.30. The first-order valence-electron chi connectivity index (χ1n) is 7.84. The largest absolute Gasteiger partial charge is 0.477 e. The fraction of sp³-hybridized carbons (Fsp3) is 0.562. The molecule has 0 aliphatic rings. The zero-order valence-electron chi connectivity index (χ0n) is 14.1. The number of aromatic carboxylic acids is 1. The molecule has 0 aromatic carbocycles. The second-order valence-corrected chi connectivity index (χ2v) is 6.61. The van der Waals surface area contributed by atoms with Gasteiger partial charge in [0.1, 0.15) is 16.5 Å². The van der Waals surface area contributed by atoms with Gasteiger partial charge in [-0.25, -0.2) is 9.78 Å². The third-order valence-electron chi connectivity index (χ3n) is 4.34. The Hall–Kier alpha value is -1.82. The Kier molecular flexibility index (Phi) is 5.14. The van der Waals surface area contributed by atoms with Crippen molar-refractivity contribution in [3.8, 4) is 0 Å². The molecule has 2 N–H and O–H groups in total. The lowest BCUT2D eigenvalue weighted by Crippen LogP contribution is -2.25. The van der Waals surface area contributed by atoms with Crippen molar-refractivity contribution in [2.75, 3.05) is 5.32 Å². The molecule has 0 radical (unpaired) electrons. The van der Waals surface area contributed by atoms with E-state index in [-0.39, 0.29) is 23.2 Å². The molecule has 2 atom stereocenters. The highest BCUT2D eigenvalue weighted by Crippen LogP contribution is 2.34. The van der Waals surface area contributed by atoms with Crippen LogP contribution in [-0.2, 0) is 0 Å². The molecule has 0 spiro atoms.